The van der Waals surface area contributed by atoms with Gasteiger partial charge in [-0.1, -0.05) is 18.2 Å². The molecule has 0 unspecified atom stereocenters. The van der Waals surface area contributed by atoms with Gasteiger partial charge in [-0.3, -0.25) is 14.9 Å². The Balaban J connectivity index is 2.09. The summed E-state index contributed by atoms with van der Waals surface area (Å²) in [5.74, 6) is 1.10. The molecule has 0 atom stereocenters. The van der Waals surface area contributed by atoms with Gasteiger partial charge in [0.15, 0.2) is 11.5 Å². The number of nitrogens with zero attached hydrogens (tertiary/aromatic N) is 1. The molecule has 0 aliphatic carbocycles. The summed E-state index contributed by atoms with van der Waals surface area (Å²) < 4.78 is 15.8. The van der Waals surface area contributed by atoms with E-state index in [0.29, 0.717) is 22.8 Å². The third-order valence-electron chi connectivity index (χ3n) is 3.75. The van der Waals surface area contributed by atoms with Gasteiger partial charge < -0.3 is 19.5 Å². The Bertz CT molecular complexity index is 781. The zero-order valence-electron chi connectivity index (χ0n) is 14.8. The topological polar surface area (TPSA) is 99.9 Å². The maximum absolute atomic E-state index is 12.2. The standard InChI is InChI=1S/C18H20N2O6/c1-24-15-8-12(9-16(25-2)18(15)26-3)11-19-17(21)10-13-6-4-5-7-14(13)20(22)23/h4-9H,10-11H2,1-3H3,(H,19,21). The molecule has 8 nitrogen and oxygen atoms in total. The fraction of sp³-hybridized carbons (Fsp3) is 0.278. The zero-order valence-corrected chi connectivity index (χ0v) is 14.8. The number of rotatable bonds is 8. The summed E-state index contributed by atoms with van der Waals surface area (Å²) in [4.78, 5) is 22.7. The van der Waals surface area contributed by atoms with E-state index in [2.05, 4.69) is 5.32 Å². The van der Waals surface area contributed by atoms with Gasteiger partial charge >= 0.3 is 0 Å². The zero-order chi connectivity index (χ0) is 19.1. The summed E-state index contributed by atoms with van der Waals surface area (Å²) >= 11 is 0. The minimum atomic E-state index is -0.498. The van der Waals surface area contributed by atoms with E-state index in [9.17, 15) is 14.9 Å². The van der Waals surface area contributed by atoms with Crippen LogP contribution in [0.2, 0.25) is 0 Å². The highest BCUT2D eigenvalue weighted by atomic mass is 16.6. The Kier molecular flexibility index (Phi) is 6.37. The van der Waals surface area contributed by atoms with Crippen LogP contribution in [0.25, 0.3) is 0 Å². The fourth-order valence-electron chi connectivity index (χ4n) is 2.51. The van der Waals surface area contributed by atoms with Crippen molar-refractivity contribution in [3.05, 3.63) is 57.6 Å². The molecule has 8 heteroatoms. The molecule has 0 aliphatic rings. The number of methoxy groups -OCH3 is 3. The molecule has 2 aromatic rings. The largest absolute Gasteiger partial charge is 0.493 e. The number of carbonyl (C=O) groups is 1. The molecule has 0 saturated heterocycles. The Hall–Kier alpha value is -3.29. The minimum Gasteiger partial charge on any atom is -0.493 e. The second-order valence-corrected chi connectivity index (χ2v) is 5.37. The van der Waals surface area contributed by atoms with Gasteiger partial charge in [0.25, 0.3) is 5.69 Å². The first-order valence-corrected chi connectivity index (χ1v) is 7.78. The number of ether oxygens (including phenoxy) is 3. The Labute approximate surface area is 150 Å². The molecule has 2 rings (SSSR count). The number of nitro benzene ring substituents is 1. The number of nitrogens with one attached hydrogen (secondary N) is 1. The molecular formula is C18H20N2O6. The van der Waals surface area contributed by atoms with E-state index < -0.39 is 4.92 Å². The maximum Gasteiger partial charge on any atom is 0.273 e. The summed E-state index contributed by atoms with van der Waals surface area (Å²) in [6, 6.07) is 9.63. The highest BCUT2D eigenvalue weighted by Crippen LogP contribution is 2.38. The summed E-state index contributed by atoms with van der Waals surface area (Å²) in [6.45, 7) is 0.218. The number of benzene rings is 2. The van der Waals surface area contributed by atoms with Crippen molar-refractivity contribution in [2.24, 2.45) is 0 Å². The molecule has 0 heterocycles. The quantitative estimate of drug-likeness (QED) is 0.573. The molecule has 0 aromatic heterocycles. The highest BCUT2D eigenvalue weighted by Gasteiger charge is 2.16. The van der Waals surface area contributed by atoms with E-state index in [0.717, 1.165) is 5.56 Å². The molecule has 138 valence electrons. The van der Waals surface area contributed by atoms with Gasteiger partial charge in [0.05, 0.1) is 32.7 Å². The molecule has 0 bridgehead atoms. The lowest BCUT2D eigenvalue weighted by Crippen LogP contribution is -2.25. The fourth-order valence-corrected chi connectivity index (χ4v) is 2.51. The molecule has 26 heavy (non-hydrogen) atoms. The van der Waals surface area contributed by atoms with Crippen molar-refractivity contribution in [1.82, 2.24) is 5.32 Å². The van der Waals surface area contributed by atoms with Crippen molar-refractivity contribution in [2.45, 2.75) is 13.0 Å². The predicted molar refractivity (Wildman–Crippen MR) is 94.7 cm³/mol. The van der Waals surface area contributed by atoms with Crippen molar-refractivity contribution in [1.29, 1.82) is 0 Å². The number of nitro groups is 1. The van der Waals surface area contributed by atoms with Gasteiger partial charge in [0.1, 0.15) is 0 Å². The van der Waals surface area contributed by atoms with Crippen LogP contribution in [-0.4, -0.2) is 32.2 Å². The third-order valence-corrected chi connectivity index (χ3v) is 3.75. The summed E-state index contributed by atoms with van der Waals surface area (Å²) in [5.41, 5.74) is 1.03. The van der Waals surface area contributed by atoms with Crippen LogP contribution in [0.3, 0.4) is 0 Å². The minimum absolute atomic E-state index is 0.0737. The average Bonchev–Trinajstić information content (AvgIpc) is 2.65. The smallest absolute Gasteiger partial charge is 0.273 e. The van der Waals surface area contributed by atoms with Gasteiger partial charge in [-0.25, -0.2) is 0 Å². The molecule has 0 aliphatic heterocycles. The molecule has 2 aromatic carbocycles. The molecule has 1 N–H and O–H groups in total. The number of amides is 1. The molecular weight excluding hydrogens is 340 g/mol. The summed E-state index contributed by atoms with van der Waals surface area (Å²) in [6.07, 6.45) is -0.0818. The van der Waals surface area contributed by atoms with Gasteiger partial charge in [-0.05, 0) is 17.7 Å². The predicted octanol–water partition coefficient (Wildman–Crippen LogP) is 2.48. The first-order valence-electron chi connectivity index (χ1n) is 7.78. The lowest BCUT2D eigenvalue weighted by molar-refractivity contribution is -0.385. The Morgan fingerprint density at radius 2 is 1.69 bits per heavy atom. The van der Waals surface area contributed by atoms with Crippen LogP contribution in [0.5, 0.6) is 17.2 Å². The van der Waals surface area contributed by atoms with Gasteiger partial charge in [-0.2, -0.15) is 0 Å². The third kappa shape index (κ3) is 4.41. The van der Waals surface area contributed by atoms with Crippen molar-refractivity contribution in [2.75, 3.05) is 21.3 Å². The van der Waals surface area contributed by atoms with Crippen molar-refractivity contribution < 1.29 is 23.9 Å². The number of para-hydroxylation sites is 1. The average molecular weight is 360 g/mol. The van der Waals surface area contributed by atoms with Gasteiger partial charge in [-0.15, -0.1) is 0 Å². The first-order chi connectivity index (χ1) is 12.5. The van der Waals surface area contributed by atoms with Crippen LogP contribution in [0.1, 0.15) is 11.1 Å². The normalized spacial score (nSPS) is 10.1. The summed E-state index contributed by atoms with van der Waals surface area (Å²) in [7, 11) is 4.52. The van der Waals surface area contributed by atoms with Crippen LogP contribution in [0.4, 0.5) is 5.69 Å². The Morgan fingerprint density at radius 3 is 2.23 bits per heavy atom. The van der Waals surface area contributed by atoms with Crippen LogP contribution < -0.4 is 19.5 Å². The molecule has 1 amide bonds. The van der Waals surface area contributed by atoms with E-state index in [1.165, 1.54) is 27.4 Å². The van der Waals surface area contributed by atoms with E-state index in [1.54, 1.807) is 30.3 Å². The molecule has 0 fully saturated rings. The highest BCUT2D eigenvalue weighted by molar-refractivity contribution is 5.79. The lowest BCUT2D eigenvalue weighted by atomic mass is 10.1. The van der Waals surface area contributed by atoms with Gasteiger partial charge in [0.2, 0.25) is 11.7 Å². The monoisotopic (exact) mass is 360 g/mol. The van der Waals surface area contributed by atoms with Crippen molar-refractivity contribution >= 4 is 11.6 Å². The molecule has 0 radical (unpaired) electrons. The SMILES string of the molecule is COc1cc(CNC(=O)Cc2ccccc2[N+](=O)[O-])cc(OC)c1OC. The Morgan fingerprint density at radius 1 is 1.08 bits per heavy atom. The maximum atomic E-state index is 12.2. The van der Waals surface area contributed by atoms with Crippen molar-refractivity contribution in [3.63, 3.8) is 0 Å². The van der Waals surface area contributed by atoms with Crippen LogP contribution in [0.15, 0.2) is 36.4 Å². The second kappa shape index (κ2) is 8.70. The van der Waals surface area contributed by atoms with Crippen LogP contribution in [-0.2, 0) is 17.8 Å². The first kappa shape index (κ1) is 19.0. The molecule has 0 spiro atoms. The van der Waals surface area contributed by atoms with E-state index in [4.69, 9.17) is 14.2 Å². The van der Waals surface area contributed by atoms with Crippen molar-refractivity contribution in [3.8, 4) is 17.2 Å². The second-order valence-electron chi connectivity index (χ2n) is 5.37. The number of carbonyl (C=O) groups excluding carboxylic acids is 1. The number of hydrogen-bond acceptors (Lipinski definition) is 6. The van der Waals surface area contributed by atoms with Crippen LogP contribution >= 0.6 is 0 Å². The lowest BCUT2D eigenvalue weighted by Gasteiger charge is -2.14. The van der Waals surface area contributed by atoms with E-state index in [-0.39, 0.29) is 24.6 Å². The van der Waals surface area contributed by atoms with E-state index in [1.807, 2.05) is 0 Å². The van der Waals surface area contributed by atoms with E-state index >= 15 is 0 Å². The summed E-state index contributed by atoms with van der Waals surface area (Å²) in [5, 5.41) is 13.8. The molecule has 0 saturated carbocycles. The van der Waals surface area contributed by atoms with Crippen LogP contribution in [0, 0.1) is 10.1 Å². The van der Waals surface area contributed by atoms with Gasteiger partial charge in [0, 0.05) is 18.2 Å². The number of hydrogen-bond donors (Lipinski definition) is 1.